The van der Waals surface area contributed by atoms with Crippen LogP contribution in [-0.2, 0) is 11.3 Å². The van der Waals surface area contributed by atoms with Crippen LogP contribution in [0.2, 0.25) is 0 Å². The van der Waals surface area contributed by atoms with E-state index < -0.39 is 0 Å². The Morgan fingerprint density at radius 3 is 2.48 bits per heavy atom. The second kappa shape index (κ2) is 6.81. The van der Waals surface area contributed by atoms with E-state index in [0.29, 0.717) is 11.1 Å². The monoisotopic (exact) mass is 336 g/mol. The summed E-state index contributed by atoms with van der Waals surface area (Å²) in [6.45, 7) is 3.91. The van der Waals surface area contributed by atoms with E-state index in [1.165, 1.54) is 4.57 Å². The van der Waals surface area contributed by atoms with Crippen molar-refractivity contribution in [3.63, 3.8) is 0 Å². The summed E-state index contributed by atoms with van der Waals surface area (Å²) in [7, 11) is 1.57. The van der Waals surface area contributed by atoms with Crippen molar-refractivity contribution < 1.29 is 9.53 Å². The molecule has 3 aromatic rings. The highest BCUT2D eigenvalue weighted by Gasteiger charge is 2.10. The molecule has 0 radical (unpaired) electrons. The lowest BCUT2D eigenvalue weighted by Gasteiger charge is -2.11. The summed E-state index contributed by atoms with van der Waals surface area (Å²) in [6, 6.07) is 12.9. The average molecular weight is 336 g/mol. The zero-order chi connectivity index (χ0) is 18.0. The number of anilines is 1. The van der Waals surface area contributed by atoms with Crippen LogP contribution in [-0.4, -0.2) is 17.6 Å². The number of hydrogen-bond acceptors (Lipinski definition) is 3. The molecule has 0 atom stereocenters. The molecule has 0 spiro atoms. The van der Waals surface area contributed by atoms with Gasteiger partial charge >= 0.3 is 0 Å². The number of pyridine rings is 1. The molecular formula is C20H20N2O3. The lowest BCUT2D eigenvalue weighted by atomic mass is 10.1. The van der Waals surface area contributed by atoms with E-state index in [1.54, 1.807) is 37.6 Å². The molecule has 0 aliphatic carbocycles. The first-order valence-corrected chi connectivity index (χ1v) is 8.02. The minimum Gasteiger partial charge on any atom is -0.496 e. The minimum absolute atomic E-state index is 0.0427. The highest BCUT2D eigenvalue weighted by atomic mass is 16.5. The maximum atomic E-state index is 12.6. The molecule has 1 amide bonds. The largest absolute Gasteiger partial charge is 0.496 e. The van der Waals surface area contributed by atoms with E-state index in [1.807, 2.05) is 32.0 Å². The number of ether oxygens (including phenoxy) is 1. The number of fused-ring (bicyclic) bond motifs is 1. The van der Waals surface area contributed by atoms with Crippen LogP contribution in [0, 0.1) is 13.8 Å². The summed E-state index contributed by atoms with van der Waals surface area (Å²) >= 11 is 0. The summed E-state index contributed by atoms with van der Waals surface area (Å²) in [5.41, 5.74) is 2.67. The van der Waals surface area contributed by atoms with Crippen LogP contribution in [0.25, 0.3) is 10.8 Å². The molecule has 5 nitrogen and oxygen atoms in total. The van der Waals surface area contributed by atoms with Crippen molar-refractivity contribution in [3.8, 4) is 5.75 Å². The molecule has 0 saturated carbocycles. The summed E-state index contributed by atoms with van der Waals surface area (Å²) in [5.74, 6) is 0.399. The first-order chi connectivity index (χ1) is 12.0. The second-order valence-electron chi connectivity index (χ2n) is 6.09. The third-order valence-corrected chi connectivity index (χ3v) is 4.02. The van der Waals surface area contributed by atoms with E-state index in [0.717, 1.165) is 22.2 Å². The summed E-state index contributed by atoms with van der Waals surface area (Å²) in [5, 5.41) is 4.11. The Bertz CT molecular complexity index is 985. The fraction of sp³-hybridized carbons (Fsp3) is 0.200. The Morgan fingerprint density at radius 1 is 1.08 bits per heavy atom. The quantitative estimate of drug-likeness (QED) is 0.795. The van der Waals surface area contributed by atoms with Crippen LogP contribution in [0.4, 0.5) is 5.69 Å². The van der Waals surface area contributed by atoms with Crippen LogP contribution in [0.15, 0.2) is 53.5 Å². The predicted octanol–water partition coefficient (Wildman–Crippen LogP) is 3.27. The van der Waals surface area contributed by atoms with Crippen molar-refractivity contribution in [2.75, 3.05) is 12.4 Å². The molecule has 0 fully saturated rings. The molecule has 0 unspecified atom stereocenters. The lowest BCUT2D eigenvalue weighted by molar-refractivity contribution is -0.116. The Hall–Kier alpha value is -3.08. The molecule has 1 aromatic heterocycles. The van der Waals surface area contributed by atoms with Gasteiger partial charge in [0, 0.05) is 17.3 Å². The zero-order valence-corrected chi connectivity index (χ0v) is 14.5. The molecular weight excluding hydrogens is 316 g/mol. The number of carbonyl (C=O) groups is 1. The van der Waals surface area contributed by atoms with Gasteiger partial charge in [0.15, 0.2) is 0 Å². The second-order valence-corrected chi connectivity index (χ2v) is 6.09. The standard InChI is InChI=1S/C20H20N2O3/c1-13-9-14(2)11-15(10-13)21-19(23)12-22-8-7-16-17(20(22)24)5-4-6-18(16)25-3/h4-11H,12H2,1-3H3,(H,21,23). The molecule has 5 heteroatoms. The summed E-state index contributed by atoms with van der Waals surface area (Å²) < 4.78 is 6.68. The fourth-order valence-corrected chi connectivity index (χ4v) is 2.99. The zero-order valence-electron chi connectivity index (χ0n) is 14.5. The minimum atomic E-state index is -0.241. The number of amides is 1. The Labute approximate surface area is 145 Å². The lowest BCUT2D eigenvalue weighted by Crippen LogP contribution is -2.27. The van der Waals surface area contributed by atoms with Crippen molar-refractivity contribution in [1.29, 1.82) is 0 Å². The van der Waals surface area contributed by atoms with E-state index >= 15 is 0 Å². The van der Waals surface area contributed by atoms with Gasteiger partial charge in [0.1, 0.15) is 12.3 Å². The maximum Gasteiger partial charge on any atom is 0.259 e. The van der Waals surface area contributed by atoms with Crippen molar-refractivity contribution in [2.24, 2.45) is 0 Å². The third kappa shape index (κ3) is 3.55. The fourth-order valence-electron chi connectivity index (χ4n) is 2.99. The van der Waals surface area contributed by atoms with Crippen LogP contribution in [0.1, 0.15) is 11.1 Å². The number of methoxy groups -OCH3 is 1. The van der Waals surface area contributed by atoms with Crippen molar-refractivity contribution in [1.82, 2.24) is 4.57 Å². The van der Waals surface area contributed by atoms with E-state index in [-0.39, 0.29) is 18.0 Å². The van der Waals surface area contributed by atoms with Crippen molar-refractivity contribution in [3.05, 3.63) is 70.1 Å². The van der Waals surface area contributed by atoms with Gasteiger partial charge in [0.05, 0.1) is 12.5 Å². The summed E-state index contributed by atoms with van der Waals surface area (Å²) in [4.78, 5) is 24.9. The van der Waals surface area contributed by atoms with Crippen LogP contribution in [0.5, 0.6) is 5.75 Å². The van der Waals surface area contributed by atoms with Gasteiger partial charge in [-0.15, -0.1) is 0 Å². The van der Waals surface area contributed by atoms with E-state index in [2.05, 4.69) is 5.32 Å². The molecule has 0 aliphatic rings. The highest BCUT2D eigenvalue weighted by Crippen LogP contribution is 2.22. The molecule has 128 valence electrons. The number of aromatic nitrogens is 1. The van der Waals surface area contributed by atoms with Gasteiger partial charge in [-0.25, -0.2) is 0 Å². The average Bonchev–Trinajstić information content (AvgIpc) is 2.56. The smallest absolute Gasteiger partial charge is 0.259 e. The van der Waals surface area contributed by atoms with Gasteiger partial charge in [-0.2, -0.15) is 0 Å². The molecule has 0 bridgehead atoms. The topological polar surface area (TPSA) is 60.3 Å². The molecule has 0 aliphatic heterocycles. The Kier molecular flexibility index (Phi) is 4.57. The molecule has 25 heavy (non-hydrogen) atoms. The normalized spacial score (nSPS) is 10.7. The molecule has 0 saturated heterocycles. The van der Waals surface area contributed by atoms with E-state index in [4.69, 9.17) is 4.74 Å². The van der Waals surface area contributed by atoms with Crippen LogP contribution < -0.4 is 15.6 Å². The van der Waals surface area contributed by atoms with Gasteiger partial charge in [-0.05, 0) is 55.3 Å². The highest BCUT2D eigenvalue weighted by molar-refractivity contribution is 5.91. The number of benzene rings is 2. The molecule has 1 heterocycles. The van der Waals surface area contributed by atoms with Gasteiger partial charge in [0.2, 0.25) is 5.91 Å². The maximum absolute atomic E-state index is 12.6. The predicted molar refractivity (Wildman–Crippen MR) is 99.3 cm³/mol. The number of nitrogens with zero attached hydrogens (tertiary/aromatic N) is 1. The first-order valence-electron chi connectivity index (χ1n) is 8.02. The molecule has 2 aromatic carbocycles. The third-order valence-electron chi connectivity index (χ3n) is 4.02. The molecule has 1 N–H and O–H groups in total. The Morgan fingerprint density at radius 2 is 1.80 bits per heavy atom. The van der Waals surface area contributed by atoms with Crippen molar-refractivity contribution >= 4 is 22.4 Å². The van der Waals surface area contributed by atoms with Gasteiger partial charge in [0.25, 0.3) is 5.56 Å². The Balaban J connectivity index is 1.86. The molecule has 3 rings (SSSR count). The van der Waals surface area contributed by atoms with Crippen LogP contribution >= 0.6 is 0 Å². The van der Waals surface area contributed by atoms with Crippen molar-refractivity contribution in [2.45, 2.75) is 20.4 Å². The number of hydrogen-bond donors (Lipinski definition) is 1. The van der Waals surface area contributed by atoms with E-state index in [9.17, 15) is 9.59 Å². The van der Waals surface area contributed by atoms with Gasteiger partial charge in [-0.1, -0.05) is 12.1 Å². The number of rotatable bonds is 4. The number of nitrogens with one attached hydrogen (secondary N) is 1. The number of aryl methyl sites for hydroxylation is 2. The summed E-state index contributed by atoms with van der Waals surface area (Å²) in [6.07, 6.45) is 1.62. The van der Waals surface area contributed by atoms with Gasteiger partial charge in [-0.3, -0.25) is 9.59 Å². The first kappa shape index (κ1) is 16.8. The van der Waals surface area contributed by atoms with Gasteiger partial charge < -0.3 is 14.6 Å². The number of carbonyl (C=O) groups excluding carboxylic acids is 1. The SMILES string of the molecule is COc1cccc2c(=O)n(CC(=O)Nc3cc(C)cc(C)c3)ccc12. The van der Waals surface area contributed by atoms with Crippen LogP contribution in [0.3, 0.4) is 0 Å².